The van der Waals surface area contributed by atoms with E-state index in [4.69, 9.17) is 0 Å². The molecule has 0 aliphatic heterocycles. The van der Waals surface area contributed by atoms with Crippen LogP contribution in [-0.4, -0.2) is 4.57 Å². The summed E-state index contributed by atoms with van der Waals surface area (Å²) in [5.74, 6) is 0. The molecule has 0 bridgehead atoms. The van der Waals surface area contributed by atoms with Gasteiger partial charge in [-0.2, -0.15) is 0 Å². The Morgan fingerprint density at radius 3 is 1.65 bits per heavy atom. The standard InChI is InChI=1S/C63H48N2/c1-62(2,3)65-57-35-21-19-32-51(57)52-38-37-48(42-59(52)65)64(58-39-36-44-24-16-17-31-50(44)60(58)45-25-10-5-11-26-45)49-40-54(43-22-8-4-9-23-43)61-53-33-18-20-34-55(53)63(56(61)41-49,46-27-12-6-13-28-46)47-29-14-7-15-30-47/h4-42H,1-3H3. The zero-order valence-electron chi connectivity index (χ0n) is 36.9. The molecule has 10 aromatic carbocycles. The van der Waals surface area contributed by atoms with Crippen LogP contribution in [-0.2, 0) is 11.0 Å². The van der Waals surface area contributed by atoms with Crippen molar-refractivity contribution < 1.29 is 0 Å². The minimum Gasteiger partial charge on any atom is -0.335 e. The van der Waals surface area contributed by atoms with Crippen LogP contribution < -0.4 is 4.90 Å². The van der Waals surface area contributed by atoms with Gasteiger partial charge in [0.1, 0.15) is 0 Å². The molecule has 65 heavy (non-hydrogen) atoms. The van der Waals surface area contributed by atoms with Crippen molar-refractivity contribution in [3.8, 4) is 33.4 Å². The lowest BCUT2D eigenvalue weighted by molar-refractivity contribution is 0.423. The van der Waals surface area contributed by atoms with Gasteiger partial charge < -0.3 is 9.47 Å². The first-order valence-corrected chi connectivity index (χ1v) is 22.8. The van der Waals surface area contributed by atoms with E-state index in [-0.39, 0.29) is 5.54 Å². The average Bonchev–Trinajstić information content (AvgIpc) is 3.86. The number of anilines is 3. The molecule has 1 heterocycles. The Morgan fingerprint density at radius 1 is 0.385 bits per heavy atom. The molecule has 0 spiro atoms. The van der Waals surface area contributed by atoms with E-state index in [0.29, 0.717) is 0 Å². The number of hydrogen-bond donors (Lipinski definition) is 0. The minimum absolute atomic E-state index is 0.173. The maximum atomic E-state index is 2.55. The quantitative estimate of drug-likeness (QED) is 0.155. The van der Waals surface area contributed by atoms with E-state index in [0.717, 1.165) is 17.1 Å². The lowest BCUT2D eigenvalue weighted by Crippen LogP contribution is -2.28. The van der Waals surface area contributed by atoms with Gasteiger partial charge in [-0.1, -0.05) is 200 Å². The van der Waals surface area contributed by atoms with Gasteiger partial charge in [-0.15, -0.1) is 0 Å². The molecular formula is C63H48N2. The molecule has 0 unspecified atom stereocenters. The summed E-state index contributed by atoms with van der Waals surface area (Å²) in [5.41, 5.74) is 17.3. The van der Waals surface area contributed by atoms with Crippen molar-refractivity contribution in [2.75, 3.05) is 4.90 Å². The van der Waals surface area contributed by atoms with E-state index in [1.54, 1.807) is 0 Å². The summed E-state index contributed by atoms with van der Waals surface area (Å²) in [5, 5.41) is 4.94. The van der Waals surface area contributed by atoms with Gasteiger partial charge in [0.2, 0.25) is 0 Å². The fourth-order valence-corrected chi connectivity index (χ4v) is 11.1. The van der Waals surface area contributed by atoms with Gasteiger partial charge in [-0.25, -0.2) is 0 Å². The van der Waals surface area contributed by atoms with Crippen LogP contribution in [0.25, 0.3) is 66.0 Å². The third-order valence-electron chi connectivity index (χ3n) is 13.7. The van der Waals surface area contributed by atoms with Crippen molar-refractivity contribution in [2.24, 2.45) is 0 Å². The maximum Gasteiger partial charge on any atom is 0.0714 e. The first-order valence-electron chi connectivity index (χ1n) is 22.8. The van der Waals surface area contributed by atoms with Crippen LogP contribution in [0, 0.1) is 0 Å². The fourth-order valence-electron chi connectivity index (χ4n) is 11.1. The number of fused-ring (bicyclic) bond motifs is 7. The van der Waals surface area contributed by atoms with Gasteiger partial charge in [-0.3, -0.25) is 0 Å². The van der Waals surface area contributed by atoms with Crippen molar-refractivity contribution in [3.05, 3.63) is 259 Å². The van der Waals surface area contributed by atoms with Crippen LogP contribution in [0.3, 0.4) is 0 Å². The molecule has 1 aliphatic rings. The van der Waals surface area contributed by atoms with Crippen molar-refractivity contribution in [1.29, 1.82) is 0 Å². The van der Waals surface area contributed by atoms with Crippen molar-refractivity contribution in [1.82, 2.24) is 4.57 Å². The number of benzene rings is 10. The van der Waals surface area contributed by atoms with E-state index in [1.807, 2.05) is 0 Å². The third-order valence-corrected chi connectivity index (χ3v) is 13.7. The molecule has 0 saturated heterocycles. The van der Waals surface area contributed by atoms with Crippen molar-refractivity contribution >= 4 is 49.6 Å². The molecular weight excluding hydrogens is 785 g/mol. The number of rotatable bonds is 7. The summed E-state index contributed by atoms with van der Waals surface area (Å²) < 4.78 is 2.53. The molecule has 1 aliphatic carbocycles. The number of para-hydroxylation sites is 1. The predicted octanol–water partition coefficient (Wildman–Crippen LogP) is 16.9. The smallest absolute Gasteiger partial charge is 0.0714 e. The number of hydrogen-bond acceptors (Lipinski definition) is 1. The molecule has 0 fully saturated rings. The lowest BCUT2D eigenvalue weighted by Gasteiger charge is -2.35. The lowest BCUT2D eigenvalue weighted by atomic mass is 9.67. The van der Waals surface area contributed by atoms with Crippen LogP contribution in [0.1, 0.15) is 43.0 Å². The van der Waals surface area contributed by atoms with Crippen LogP contribution >= 0.6 is 0 Å². The van der Waals surface area contributed by atoms with Crippen molar-refractivity contribution in [2.45, 2.75) is 31.7 Å². The predicted molar refractivity (Wildman–Crippen MR) is 275 cm³/mol. The van der Waals surface area contributed by atoms with Crippen LogP contribution in [0.5, 0.6) is 0 Å². The summed E-state index contributed by atoms with van der Waals surface area (Å²) in [6.07, 6.45) is 0. The minimum atomic E-state index is -0.603. The Balaban J connectivity index is 1.26. The highest BCUT2D eigenvalue weighted by molar-refractivity contribution is 6.11. The normalized spacial score (nSPS) is 13.0. The van der Waals surface area contributed by atoms with Gasteiger partial charge in [0, 0.05) is 38.8 Å². The zero-order valence-corrected chi connectivity index (χ0v) is 36.9. The highest BCUT2D eigenvalue weighted by atomic mass is 15.1. The molecule has 12 rings (SSSR count). The van der Waals surface area contributed by atoms with Gasteiger partial charge >= 0.3 is 0 Å². The number of aromatic nitrogens is 1. The van der Waals surface area contributed by atoms with Crippen LogP contribution in [0.2, 0.25) is 0 Å². The molecule has 1 aromatic heterocycles. The van der Waals surface area contributed by atoms with Gasteiger partial charge in [0.25, 0.3) is 0 Å². The highest BCUT2D eigenvalue weighted by Crippen LogP contribution is 2.60. The zero-order chi connectivity index (χ0) is 43.7. The Hall–Kier alpha value is -7.94. The monoisotopic (exact) mass is 832 g/mol. The van der Waals surface area contributed by atoms with E-state index < -0.39 is 5.41 Å². The second-order valence-electron chi connectivity index (χ2n) is 18.4. The molecule has 2 nitrogen and oxygen atoms in total. The van der Waals surface area contributed by atoms with E-state index >= 15 is 0 Å². The molecule has 0 atom stereocenters. The summed E-state index contributed by atoms with van der Waals surface area (Å²) in [6, 6.07) is 87.9. The first kappa shape index (κ1) is 38.7. The topological polar surface area (TPSA) is 8.17 Å². The van der Waals surface area contributed by atoms with Gasteiger partial charge in [-0.05, 0) is 118 Å². The average molecular weight is 833 g/mol. The van der Waals surface area contributed by atoms with Crippen molar-refractivity contribution in [3.63, 3.8) is 0 Å². The summed E-state index contributed by atoms with van der Waals surface area (Å²) in [6.45, 7) is 6.95. The maximum absolute atomic E-state index is 2.55. The van der Waals surface area contributed by atoms with E-state index in [2.05, 4.69) is 267 Å². The SMILES string of the molecule is CC(C)(C)n1c2ccccc2c2ccc(N(c3cc(-c4ccccc4)c4c(c3)C(c3ccccc3)(c3ccccc3)c3ccccc3-4)c3ccc4ccccc4c3-c3ccccc3)cc21. The Kier molecular flexibility index (Phi) is 9.00. The summed E-state index contributed by atoms with van der Waals surface area (Å²) in [7, 11) is 0. The molecule has 2 heteroatoms. The third kappa shape index (κ3) is 6.01. The van der Waals surface area contributed by atoms with E-state index in [1.165, 1.54) is 88.2 Å². The second-order valence-corrected chi connectivity index (χ2v) is 18.4. The van der Waals surface area contributed by atoms with Gasteiger partial charge in [0.05, 0.1) is 16.6 Å². The Bertz CT molecular complexity index is 3520. The van der Waals surface area contributed by atoms with E-state index in [9.17, 15) is 0 Å². The number of nitrogens with zero attached hydrogens (tertiary/aromatic N) is 2. The molecule has 0 amide bonds. The molecule has 0 radical (unpaired) electrons. The fraction of sp³-hybridized carbons (Fsp3) is 0.0794. The van der Waals surface area contributed by atoms with Gasteiger partial charge in [0.15, 0.2) is 0 Å². The molecule has 310 valence electrons. The molecule has 11 aromatic rings. The molecule has 0 N–H and O–H groups in total. The Morgan fingerprint density at radius 2 is 0.954 bits per heavy atom. The summed E-state index contributed by atoms with van der Waals surface area (Å²) >= 11 is 0. The van der Waals surface area contributed by atoms with Crippen LogP contribution in [0.4, 0.5) is 17.1 Å². The highest BCUT2D eigenvalue weighted by Gasteiger charge is 2.47. The second kappa shape index (κ2) is 15.1. The Labute approximate surface area is 381 Å². The van der Waals surface area contributed by atoms with Crippen LogP contribution in [0.15, 0.2) is 237 Å². The molecule has 0 saturated carbocycles. The first-order chi connectivity index (χ1) is 31.9. The largest absolute Gasteiger partial charge is 0.335 e. The summed E-state index contributed by atoms with van der Waals surface area (Å²) in [4.78, 5) is 2.55.